The first-order valence-electron chi connectivity index (χ1n) is 9.05. The quantitative estimate of drug-likeness (QED) is 0.806. The molecule has 25 heavy (non-hydrogen) atoms. The molecule has 2 aromatic rings. The standard InChI is InChI=1S/C18H25N5O2/c1-2-13-25-16-9-7-15(8-10-16)18-19-21-23(20-18)14-17(24)22-11-5-3-4-6-12-22/h7-10H,2-6,11-14H2,1H3. The van der Waals surface area contributed by atoms with Crippen LogP contribution in [0.5, 0.6) is 5.75 Å². The Morgan fingerprint density at radius 1 is 1.12 bits per heavy atom. The highest BCUT2D eigenvalue weighted by Crippen LogP contribution is 2.19. The smallest absolute Gasteiger partial charge is 0.246 e. The second-order valence-electron chi connectivity index (χ2n) is 6.31. The zero-order chi connectivity index (χ0) is 17.5. The Kier molecular flexibility index (Phi) is 5.98. The van der Waals surface area contributed by atoms with Gasteiger partial charge >= 0.3 is 0 Å². The first kappa shape index (κ1) is 17.4. The monoisotopic (exact) mass is 343 g/mol. The maximum atomic E-state index is 12.4. The Balaban J connectivity index is 1.60. The number of hydrogen-bond acceptors (Lipinski definition) is 5. The highest BCUT2D eigenvalue weighted by Gasteiger charge is 2.17. The van der Waals surface area contributed by atoms with Crippen molar-refractivity contribution < 1.29 is 9.53 Å². The SMILES string of the molecule is CCCOc1ccc(-c2nnn(CC(=O)N3CCCCCC3)n2)cc1. The zero-order valence-corrected chi connectivity index (χ0v) is 14.7. The van der Waals surface area contributed by atoms with Crippen LogP contribution in [0.4, 0.5) is 0 Å². The lowest BCUT2D eigenvalue weighted by Gasteiger charge is -2.19. The van der Waals surface area contributed by atoms with Gasteiger partial charge in [0.1, 0.15) is 12.3 Å². The maximum absolute atomic E-state index is 12.4. The van der Waals surface area contributed by atoms with Crippen molar-refractivity contribution in [2.45, 2.75) is 45.6 Å². The van der Waals surface area contributed by atoms with Crippen LogP contribution in [0.15, 0.2) is 24.3 Å². The van der Waals surface area contributed by atoms with Crippen molar-refractivity contribution in [3.63, 3.8) is 0 Å². The molecule has 0 radical (unpaired) electrons. The van der Waals surface area contributed by atoms with Crippen molar-refractivity contribution >= 4 is 5.91 Å². The summed E-state index contributed by atoms with van der Waals surface area (Å²) in [6.07, 6.45) is 5.53. The van der Waals surface area contributed by atoms with Crippen LogP contribution in [0.25, 0.3) is 11.4 Å². The largest absolute Gasteiger partial charge is 0.494 e. The molecule has 0 N–H and O–H groups in total. The lowest BCUT2D eigenvalue weighted by atomic mass is 10.2. The predicted octanol–water partition coefficient (Wildman–Crippen LogP) is 2.53. The number of likely N-dealkylation sites (tertiary alicyclic amines) is 1. The second-order valence-corrected chi connectivity index (χ2v) is 6.31. The normalized spacial score (nSPS) is 15.0. The summed E-state index contributed by atoms with van der Waals surface area (Å²) >= 11 is 0. The Morgan fingerprint density at radius 3 is 2.52 bits per heavy atom. The number of carbonyl (C=O) groups is 1. The van der Waals surface area contributed by atoms with Gasteiger partial charge in [-0.3, -0.25) is 4.79 Å². The maximum Gasteiger partial charge on any atom is 0.246 e. The first-order valence-corrected chi connectivity index (χ1v) is 9.05. The first-order chi connectivity index (χ1) is 12.3. The van der Waals surface area contributed by atoms with Crippen molar-refractivity contribution in [1.82, 2.24) is 25.1 Å². The van der Waals surface area contributed by atoms with Gasteiger partial charge in [-0.2, -0.15) is 4.80 Å². The van der Waals surface area contributed by atoms with E-state index in [1.165, 1.54) is 17.6 Å². The van der Waals surface area contributed by atoms with Crippen molar-refractivity contribution in [2.75, 3.05) is 19.7 Å². The van der Waals surface area contributed by atoms with Gasteiger partial charge in [0.2, 0.25) is 11.7 Å². The number of hydrogen-bond donors (Lipinski definition) is 0. The number of aromatic nitrogens is 4. The molecule has 0 bridgehead atoms. The molecule has 1 fully saturated rings. The lowest BCUT2D eigenvalue weighted by Crippen LogP contribution is -2.35. The van der Waals surface area contributed by atoms with Gasteiger partial charge in [-0.15, -0.1) is 10.2 Å². The van der Waals surface area contributed by atoms with E-state index in [1.807, 2.05) is 29.2 Å². The van der Waals surface area contributed by atoms with Crippen LogP contribution in [-0.4, -0.2) is 50.7 Å². The Labute approximate surface area is 148 Å². The third-order valence-electron chi connectivity index (χ3n) is 4.27. The number of amides is 1. The third kappa shape index (κ3) is 4.78. The summed E-state index contributed by atoms with van der Waals surface area (Å²) in [5, 5.41) is 12.4. The molecule has 1 amide bonds. The molecule has 0 aliphatic carbocycles. The van der Waals surface area contributed by atoms with Crippen LogP contribution < -0.4 is 4.74 Å². The molecule has 1 aromatic heterocycles. The van der Waals surface area contributed by atoms with E-state index in [2.05, 4.69) is 22.3 Å². The molecule has 134 valence electrons. The molecule has 1 aliphatic heterocycles. The molecule has 0 saturated carbocycles. The number of rotatable bonds is 6. The van der Waals surface area contributed by atoms with Gasteiger partial charge in [0.25, 0.3) is 0 Å². The number of tetrazole rings is 1. The van der Waals surface area contributed by atoms with Gasteiger partial charge < -0.3 is 9.64 Å². The minimum Gasteiger partial charge on any atom is -0.494 e. The molecule has 0 atom stereocenters. The molecule has 1 saturated heterocycles. The number of ether oxygens (including phenoxy) is 1. The summed E-state index contributed by atoms with van der Waals surface area (Å²) in [5.41, 5.74) is 0.859. The molecular weight excluding hydrogens is 318 g/mol. The van der Waals surface area contributed by atoms with E-state index in [9.17, 15) is 4.79 Å². The van der Waals surface area contributed by atoms with E-state index in [4.69, 9.17) is 4.74 Å². The summed E-state index contributed by atoms with van der Waals surface area (Å²) in [4.78, 5) is 15.7. The summed E-state index contributed by atoms with van der Waals surface area (Å²) in [7, 11) is 0. The molecule has 0 spiro atoms. The lowest BCUT2D eigenvalue weighted by molar-refractivity contribution is -0.132. The van der Waals surface area contributed by atoms with Crippen LogP contribution >= 0.6 is 0 Å². The van der Waals surface area contributed by atoms with Crippen LogP contribution in [-0.2, 0) is 11.3 Å². The predicted molar refractivity (Wildman–Crippen MR) is 94.1 cm³/mol. The van der Waals surface area contributed by atoms with E-state index < -0.39 is 0 Å². The molecule has 7 nitrogen and oxygen atoms in total. The highest BCUT2D eigenvalue weighted by atomic mass is 16.5. The molecule has 1 aromatic carbocycles. The molecule has 2 heterocycles. The fourth-order valence-corrected chi connectivity index (χ4v) is 2.89. The van der Waals surface area contributed by atoms with E-state index in [0.29, 0.717) is 12.4 Å². The second kappa shape index (κ2) is 8.60. The summed E-state index contributed by atoms with van der Waals surface area (Å²) in [6, 6.07) is 7.61. The molecule has 0 unspecified atom stereocenters. The van der Waals surface area contributed by atoms with E-state index >= 15 is 0 Å². The van der Waals surface area contributed by atoms with Crippen molar-refractivity contribution in [3.05, 3.63) is 24.3 Å². The average Bonchev–Trinajstić information content (AvgIpc) is 2.92. The molecule has 1 aliphatic rings. The third-order valence-corrected chi connectivity index (χ3v) is 4.27. The highest BCUT2D eigenvalue weighted by molar-refractivity contribution is 5.75. The van der Waals surface area contributed by atoms with Gasteiger partial charge in [-0.05, 0) is 48.7 Å². The molecule has 3 rings (SSSR count). The van der Waals surface area contributed by atoms with Crippen molar-refractivity contribution in [3.8, 4) is 17.1 Å². The van der Waals surface area contributed by atoms with Gasteiger partial charge in [-0.25, -0.2) is 0 Å². The number of nitrogens with zero attached hydrogens (tertiary/aromatic N) is 5. The summed E-state index contributed by atoms with van der Waals surface area (Å²) in [5.74, 6) is 1.41. The minimum atomic E-state index is 0.0640. The van der Waals surface area contributed by atoms with Gasteiger partial charge in [0.15, 0.2) is 0 Å². The van der Waals surface area contributed by atoms with Crippen molar-refractivity contribution in [2.24, 2.45) is 0 Å². The molecule has 7 heteroatoms. The van der Waals surface area contributed by atoms with Crippen molar-refractivity contribution in [1.29, 1.82) is 0 Å². The fourth-order valence-electron chi connectivity index (χ4n) is 2.89. The van der Waals surface area contributed by atoms with Crippen LogP contribution in [0.1, 0.15) is 39.0 Å². The van der Waals surface area contributed by atoms with Crippen LogP contribution in [0, 0.1) is 0 Å². The average molecular weight is 343 g/mol. The minimum absolute atomic E-state index is 0.0640. The van der Waals surface area contributed by atoms with Crippen LogP contribution in [0.3, 0.4) is 0 Å². The molecular formula is C18H25N5O2. The van der Waals surface area contributed by atoms with E-state index in [0.717, 1.165) is 43.7 Å². The topological polar surface area (TPSA) is 73.1 Å². The Morgan fingerprint density at radius 2 is 1.84 bits per heavy atom. The van der Waals surface area contributed by atoms with Gasteiger partial charge in [-0.1, -0.05) is 19.8 Å². The fraction of sp³-hybridized carbons (Fsp3) is 0.556. The van der Waals surface area contributed by atoms with Crippen LogP contribution in [0.2, 0.25) is 0 Å². The number of benzene rings is 1. The van der Waals surface area contributed by atoms with E-state index in [-0.39, 0.29) is 12.5 Å². The summed E-state index contributed by atoms with van der Waals surface area (Å²) in [6.45, 7) is 4.58. The van der Waals surface area contributed by atoms with Gasteiger partial charge in [0, 0.05) is 18.7 Å². The zero-order valence-electron chi connectivity index (χ0n) is 14.7. The Hall–Kier alpha value is -2.44. The number of carbonyl (C=O) groups excluding carboxylic acids is 1. The van der Waals surface area contributed by atoms with Gasteiger partial charge in [0.05, 0.1) is 6.61 Å². The van der Waals surface area contributed by atoms with E-state index in [1.54, 1.807) is 0 Å². The summed E-state index contributed by atoms with van der Waals surface area (Å²) < 4.78 is 5.57. The Bertz CT molecular complexity index is 675.